The van der Waals surface area contributed by atoms with Gasteiger partial charge in [-0.15, -0.1) is 11.8 Å². The molecule has 0 saturated carbocycles. The van der Waals surface area contributed by atoms with Crippen molar-refractivity contribution in [2.45, 2.75) is 30.9 Å². The third-order valence-electron chi connectivity index (χ3n) is 3.21. The predicted molar refractivity (Wildman–Crippen MR) is 86.2 cm³/mol. The number of amides is 1. The summed E-state index contributed by atoms with van der Waals surface area (Å²) < 4.78 is 27.1. The number of hydrogen-bond donors (Lipinski definition) is 1. The molecule has 0 heterocycles. The van der Waals surface area contributed by atoms with E-state index in [1.54, 1.807) is 6.92 Å². The highest BCUT2D eigenvalue weighted by molar-refractivity contribution is 8.00. The van der Waals surface area contributed by atoms with Crippen LogP contribution < -0.4 is 5.32 Å². The summed E-state index contributed by atoms with van der Waals surface area (Å²) in [6.07, 6.45) is 0. The molecule has 0 fully saturated rings. The van der Waals surface area contributed by atoms with Crippen LogP contribution in [0.15, 0.2) is 41.3 Å². The minimum absolute atomic E-state index is 0.402. The molecule has 1 N–H and O–H groups in total. The number of halogens is 2. The Morgan fingerprint density at radius 1 is 1.14 bits per heavy atom. The van der Waals surface area contributed by atoms with Crippen LogP contribution in [0.4, 0.5) is 14.5 Å². The zero-order valence-corrected chi connectivity index (χ0v) is 13.4. The summed E-state index contributed by atoms with van der Waals surface area (Å²) in [6, 6.07) is 9.43. The zero-order chi connectivity index (χ0) is 16.3. The Morgan fingerprint density at radius 2 is 1.77 bits per heavy atom. The summed E-state index contributed by atoms with van der Waals surface area (Å²) in [5.74, 6) is -2.00. The second kappa shape index (κ2) is 6.92. The minimum Gasteiger partial charge on any atom is -0.320 e. The molecule has 0 aliphatic rings. The first-order valence-corrected chi connectivity index (χ1v) is 7.75. The highest BCUT2D eigenvalue weighted by Crippen LogP contribution is 2.28. The first kappa shape index (κ1) is 16.5. The average Bonchev–Trinajstić information content (AvgIpc) is 2.45. The molecule has 2 rings (SSSR count). The number of benzene rings is 2. The van der Waals surface area contributed by atoms with Crippen molar-refractivity contribution in [3.05, 3.63) is 59.2 Å². The Kier molecular flexibility index (Phi) is 5.19. The van der Waals surface area contributed by atoms with E-state index in [1.807, 2.05) is 32.0 Å². The molecule has 0 bridgehead atoms. The minimum atomic E-state index is -0.780. The van der Waals surface area contributed by atoms with Crippen molar-refractivity contribution in [3.8, 4) is 0 Å². The lowest BCUT2D eigenvalue weighted by Gasteiger charge is -2.14. The van der Waals surface area contributed by atoms with Crippen molar-refractivity contribution in [1.82, 2.24) is 0 Å². The van der Waals surface area contributed by atoms with Crippen molar-refractivity contribution in [1.29, 1.82) is 0 Å². The smallest absolute Gasteiger partial charge is 0.237 e. The lowest BCUT2D eigenvalue weighted by Crippen LogP contribution is -2.23. The summed E-state index contributed by atoms with van der Waals surface area (Å²) in [5, 5.41) is 1.85. The van der Waals surface area contributed by atoms with E-state index in [4.69, 9.17) is 0 Å². The van der Waals surface area contributed by atoms with Crippen molar-refractivity contribution in [2.75, 3.05) is 5.32 Å². The number of aryl methyl sites for hydroxylation is 2. The van der Waals surface area contributed by atoms with E-state index < -0.39 is 28.5 Å². The van der Waals surface area contributed by atoms with Gasteiger partial charge in [0.25, 0.3) is 0 Å². The molecule has 0 unspecified atom stereocenters. The number of thioether (sulfide) groups is 1. The van der Waals surface area contributed by atoms with Gasteiger partial charge in [-0.05, 0) is 44.5 Å². The molecule has 0 aromatic heterocycles. The molecule has 1 atom stereocenters. The molecular weight excluding hydrogens is 304 g/mol. The first-order valence-electron chi connectivity index (χ1n) is 6.87. The molecule has 0 saturated heterocycles. The fourth-order valence-corrected chi connectivity index (χ4v) is 2.96. The summed E-state index contributed by atoms with van der Waals surface area (Å²) in [5.41, 5.74) is 1.81. The Bertz CT molecular complexity index is 683. The van der Waals surface area contributed by atoms with Crippen molar-refractivity contribution in [2.24, 2.45) is 0 Å². The van der Waals surface area contributed by atoms with Gasteiger partial charge in [0.15, 0.2) is 0 Å². The number of carbonyl (C=O) groups excluding carboxylic acids is 1. The Morgan fingerprint density at radius 3 is 2.36 bits per heavy atom. The van der Waals surface area contributed by atoms with E-state index in [9.17, 15) is 13.6 Å². The summed E-state index contributed by atoms with van der Waals surface area (Å²) in [6.45, 7) is 5.67. The standard InChI is InChI=1S/C17H17F2NOS/c1-10-7-8-15(11(2)9-10)22-12(3)17(21)20-16-13(18)5-4-6-14(16)19/h4-9,12H,1-3H3,(H,20,21)/t12-/m0/s1. The SMILES string of the molecule is Cc1ccc(S[C@@H](C)C(=O)Nc2c(F)cccc2F)c(C)c1. The van der Waals surface area contributed by atoms with Gasteiger partial charge in [0.1, 0.15) is 17.3 Å². The summed E-state index contributed by atoms with van der Waals surface area (Å²) in [4.78, 5) is 13.1. The van der Waals surface area contributed by atoms with Crippen LogP contribution in [0, 0.1) is 25.5 Å². The second-order valence-electron chi connectivity index (χ2n) is 5.11. The molecular formula is C17H17F2NOS. The molecule has 0 spiro atoms. The largest absolute Gasteiger partial charge is 0.320 e. The Balaban J connectivity index is 2.09. The molecule has 0 aliphatic carbocycles. The fraction of sp³-hybridized carbons (Fsp3) is 0.235. The quantitative estimate of drug-likeness (QED) is 0.827. The highest BCUT2D eigenvalue weighted by Gasteiger charge is 2.19. The summed E-state index contributed by atoms with van der Waals surface area (Å²) >= 11 is 1.36. The third-order valence-corrected chi connectivity index (χ3v) is 4.49. The number of carbonyl (C=O) groups is 1. The Labute approximate surface area is 132 Å². The number of nitrogens with one attached hydrogen (secondary N) is 1. The van der Waals surface area contributed by atoms with Crippen LogP contribution in [-0.4, -0.2) is 11.2 Å². The van der Waals surface area contributed by atoms with Crippen LogP contribution in [0.1, 0.15) is 18.1 Å². The molecule has 0 radical (unpaired) electrons. The second-order valence-corrected chi connectivity index (χ2v) is 6.50. The van der Waals surface area contributed by atoms with Gasteiger partial charge in [0, 0.05) is 4.90 Å². The topological polar surface area (TPSA) is 29.1 Å². The van der Waals surface area contributed by atoms with Crippen molar-refractivity contribution in [3.63, 3.8) is 0 Å². The van der Waals surface area contributed by atoms with Crippen LogP contribution in [-0.2, 0) is 4.79 Å². The first-order chi connectivity index (χ1) is 10.4. The molecule has 0 aliphatic heterocycles. The number of rotatable bonds is 4. The molecule has 2 aromatic carbocycles. The molecule has 1 amide bonds. The van der Waals surface area contributed by atoms with Gasteiger partial charge < -0.3 is 5.32 Å². The number of para-hydroxylation sites is 1. The zero-order valence-electron chi connectivity index (χ0n) is 12.6. The normalized spacial score (nSPS) is 12.0. The van der Waals surface area contributed by atoms with E-state index in [0.29, 0.717) is 0 Å². The summed E-state index contributed by atoms with van der Waals surface area (Å²) in [7, 11) is 0. The van der Waals surface area contributed by atoms with E-state index in [2.05, 4.69) is 5.32 Å². The van der Waals surface area contributed by atoms with Gasteiger partial charge in [-0.2, -0.15) is 0 Å². The average molecular weight is 321 g/mol. The van der Waals surface area contributed by atoms with E-state index in [0.717, 1.165) is 28.2 Å². The van der Waals surface area contributed by atoms with Gasteiger partial charge in [-0.3, -0.25) is 4.79 Å². The molecule has 2 nitrogen and oxygen atoms in total. The van der Waals surface area contributed by atoms with Gasteiger partial charge >= 0.3 is 0 Å². The van der Waals surface area contributed by atoms with Crippen molar-refractivity contribution >= 4 is 23.4 Å². The van der Waals surface area contributed by atoms with Gasteiger partial charge in [0.05, 0.1) is 5.25 Å². The van der Waals surface area contributed by atoms with Gasteiger partial charge in [-0.1, -0.05) is 23.8 Å². The number of hydrogen-bond acceptors (Lipinski definition) is 2. The highest BCUT2D eigenvalue weighted by atomic mass is 32.2. The molecule has 116 valence electrons. The monoisotopic (exact) mass is 321 g/mol. The van der Waals surface area contributed by atoms with Crippen LogP contribution in [0.2, 0.25) is 0 Å². The van der Waals surface area contributed by atoms with E-state index in [1.165, 1.54) is 17.8 Å². The van der Waals surface area contributed by atoms with Crippen LogP contribution in [0.25, 0.3) is 0 Å². The fourth-order valence-electron chi connectivity index (χ4n) is 2.02. The van der Waals surface area contributed by atoms with E-state index in [-0.39, 0.29) is 0 Å². The molecule has 2 aromatic rings. The lowest BCUT2D eigenvalue weighted by atomic mass is 10.2. The maximum atomic E-state index is 13.5. The molecule has 22 heavy (non-hydrogen) atoms. The van der Waals surface area contributed by atoms with Gasteiger partial charge in [-0.25, -0.2) is 8.78 Å². The van der Waals surface area contributed by atoms with Gasteiger partial charge in [0.2, 0.25) is 5.91 Å². The number of anilines is 1. The maximum absolute atomic E-state index is 13.5. The van der Waals surface area contributed by atoms with Crippen LogP contribution in [0.3, 0.4) is 0 Å². The van der Waals surface area contributed by atoms with Crippen molar-refractivity contribution < 1.29 is 13.6 Å². The molecule has 5 heteroatoms. The third kappa shape index (κ3) is 3.85. The van der Waals surface area contributed by atoms with Crippen LogP contribution >= 0.6 is 11.8 Å². The lowest BCUT2D eigenvalue weighted by molar-refractivity contribution is -0.115. The van der Waals surface area contributed by atoms with E-state index >= 15 is 0 Å². The van der Waals surface area contributed by atoms with Crippen LogP contribution in [0.5, 0.6) is 0 Å². The predicted octanol–water partition coefficient (Wildman–Crippen LogP) is 4.70. The Hall–Kier alpha value is -1.88. The maximum Gasteiger partial charge on any atom is 0.237 e.